The van der Waals surface area contributed by atoms with Crippen LogP contribution in [0.4, 0.5) is 5.69 Å². The van der Waals surface area contributed by atoms with E-state index >= 15 is 0 Å². The molecule has 1 aliphatic rings. The summed E-state index contributed by atoms with van der Waals surface area (Å²) < 4.78 is 13.3. The molecule has 0 saturated carbocycles. The summed E-state index contributed by atoms with van der Waals surface area (Å²) in [7, 11) is 1.74. The first kappa shape index (κ1) is 22.3. The molecule has 1 saturated heterocycles. The van der Waals surface area contributed by atoms with Crippen LogP contribution < -0.4 is 15.0 Å². The molecule has 0 amide bonds. The van der Waals surface area contributed by atoms with Gasteiger partial charge in [0.2, 0.25) is 0 Å². The molecule has 3 aromatic rings. The molecule has 0 aliphatic carbocycles. The second-order valence-corrected chi connectivity index (χ2v) is 8.28. The van der Waals surface area contributed by atoms with Crippen molar-refractivity contribution < 1.29 is 9.47 Å². The lowest BCUT2D eigenvalue weighted by atomic mass is 9.96. The van der Waals surface area contributed by atoms with Gasteiger partial charge in [0, 0.05) is 36.9 Å². The average Bonchev–Trinajstić information content (AvgIpc) is 3.29. The van der Waals surface area contributed by atoms with Crippen molar-refractivity contribution in [2.45, 2.75) is 39.4 Å². The first-order valence-electron chi connectivity index (χ1n) is 10.9. The molecule has 7 heteroatoms. The lowest BCUT2D eigenvalue weighted by Crippen LogP contribution is -2.29. The summed E-state index contributed by atoms with van der Waals surface area (Å²) in [5, 5.41) is 4.23. The largest absolute Gasteiger partial charge is 0.494 e. The Labute approximate surface area is 195 Å². The molecule has 0 unspecified atom stereocenters. The van der Waals surface area contributed by atoms with Gasteiger partial charge in [-0.15, -0.1) is 0 Å². The van der Waals surface area contributed by atoms with Crippen LogP contribution in [0.2, 0.25) is 0 Å². The van der Waals surface area contributed by atoms with Crippen molar-refractivity contribution in [2.24, 2.45) is 0 Å². The van der Waals surface area contributed by atoms with Gasteiger partial charge in [0.05, 0.1) is 31.0 Å². The Morgan fingerprint density at radius 1 is 1.12 bits per heavy atom. The summed E-state index contributed by atoms with van der Waals surface area (Å²) in [6.07, 6.45) is 1.83. The van der Waals surface area contributed by atoms with Crippen LogP contribution >= 0.6 is 12.2 Å². The summed E-state index contributed by atoms with van der Waals surface area (Å²) in [5.74, 6) is 0.852. The molecule has 168 valence electrons. The number of methoxy groups -OCH3 is 1. The van der Waals surface area contributed by atoms with Crippen LogP contribution in [-0.4, -0.2) is 35.0 Å². The third-order valence-electron chi connectivity index (χ3n) is 5.97. The lowest BCUT2D eigenvalue weighted by molar-refractivity contribution is 0.186. The van der Waals surface area contributed by atoms with E-state index in [9.17, 15) is 0 Å². The monoisotopic (exact) mass is 450 g/mol. The first-order valence-corrected chi connectivity index (χ1v) is 11.3. The molecule has 32 heavy (non-hydrogen) atoms. The van der Waals surface area contributed by atoms with Crippen molar-refractivity contribution in [3.63, 3.8) is 0 Å². The van der Waals surface area contributed by atoms with E-state index in [0.717, 1.165) is 23.7 Å². The summed E-state index contributed by atoms with van der Waals surface area (Å²) in [6, 6.07) is 16.3. The second kappa shape index (κ2) is 9.71. The fourth-order valence-electron chi connectivity index (χ4n) is 4.47. The zero-order valence-electron chi connectivity index (χ0n) is 19.0. The molecule has 6 nitrogen and oxygen atoms in total. The summed E-state index contributed by atoms with van der Waals surface area (Å²) in [4.78, 5) is 6.85. The van der Waals surface area contributed by atoms with Gasteiger partial charge >= 0.3 is 0 Å². The molecule has 3 heterocycles. The van der Waals surface area contributed by atoms with E-state index in [0.29, 0.717) is 18.3 Å². The standard InChI is InChI=1S/C25H30N4O2S/c1-5-31-20-11-9-19(10-12-20)29-24(21-16-17(2)28(18(21)3)14-15-30-4)23(27-25(29)32)22-8-6-7-13-26-22/h6-13,16,23-24H,5,14-15H2,1-4H3,(H,27,32)/t23-,24-/m1/s1. The smallest absolute Gasteiger partial charge is 0.174 e. The van der Waals surface area contributed by atoms with Crippen LogP contribution in [0.5, 0.6) is 5.75 Å². The fraction of sp³-hybridized carbons (Fsp3) is 0.360. The van der Waals surface area contributed by atoms with Gasteiger partial charge in [-0.1, -0.05) is 6.07 Å². The van der Waals surface area contributed by atoms with E-state index in [-0.39, 0.29) is 12.1 Å². The van der Waals surface area contributed by atoms with E-state index in [1.165, 1.54) is 17.0 Å². The van der Waals surface area contributed by atoms with Gasteiger partial charge < -0.3 is 24.3 Å². The zero-order valence-corrected chi connectivity index (χ0v) is 19.9. The van der Waals surface area contributed by atoms with Crippen molar-refractivity contribution in [3.05, 3.63) is 77.4 Å². The van der Waals surface area contributed by atoms with Crippen molar-refractivity contribution in [1.82, 2.24) is 14.9 Å². The van der Waals surface area contributed by atoms with Crippen molar-refractivity contribution in [1.29, 1.82) is 0 Å². The minimum atomic E-state index is -0.0633. The van der Waals surface area contributed by atoms with Gasteiger partial charge in [0.1, 0.15) is 5.75 Å². The Morgan fingerprint density at radius 2 is 1.91 bits per heavy atom. The van der Waals surface area contributed by atoms with Crippen molar-refractivity contribution >= 4 is 23.0 Å². The summed E-state index contributed by atoms with van der Waals surface area (Å²) >= 11 is 5.84. The van der Waals surface area contributed by atoms with Crippen LogP contribution in [0.3, 0.4) is 0 Å². The van der Waals surface area contributed by atoms with Gasteiger partial charge in [-0.05, 0) is 81.0 Å². The zero-order chi connectivity index (χ0) is 22.7. The summed E-state index contributed by atoms with van der Waals surface area (Å²) in [6.45, 7) is 8.43. The van der Waals surface area contributed by atoms with Crippen LogP contribution in [0, 0.1) is 13.8 Å². The fourth-order valence-corrected chi connectivity index (χ4v) is 4.82. The molecular formula is C25H30N4O2S. The number of aryl methyl sites for hydroxylation is 1. The Morgan fingerprint density at radius 3 is 2.56 bits per heavy atom. The topological polar surface area (TPSA) is 51.5 Å². The highest BCUT2D eigenvalue weighted by atomic mass is 32.1. The average molecular weight is 451 g/mol. The highest BCUT2D eigenvalue weighted by molar-refractivity contribution is 7.80. The first-order chi connectivity index (χ1) is 15.5. The van der Waals surface area contributed by atoms with Gasteiger partial charge in [0.25, 0.3) is 0 Å². The number of hydrogen-bond acceptors (Lipinski definition) is 4. The highest BCUT2D eigenvalue weighted by Gasteiger charge is 2.42. The highest BCUT2D eigenvalue weighted by Crippen LogP contribution is 2.43. The number of pyridine rings is 1. The van der Waals surface area contributed by atoms with Crippen LogP contribution in [-0.2, 0) is 11.3 Å². The maximum Gasteiger partial charge on any atom is 0.174 e. The van der Waals surface area contributed by atoms with E-state index in [1.807, 2.05) is 37.4 Å². The van der Waals surface area contributed by atoms with Gasteiger partial charge in [-0.3, -0.25) is 4.98 Å². The normalized spacial score (nSPS) is 18.1. The minimum absolute atomic E-state index is 0.0298. The molecule has 1 aliphatic heterocycles. The number of ether oxygens (including phenoxy) is 2. The Kier molecular flexibility index (Phi) is 6.77. The molecule has 2 aromatic heterocycles. The SMILES string of the molecule is CCOc1ccc(N2C(=S)N[C@H](c3ccccn3)[C@H]2c2cc(C)n(CCOC)c2C)cc1. The number of anilines is 1. The molecular weight excluding hydrogens is 420 g/mol. The second-order valence-electron chi connectivity index (χ2n) is 7.89. The third kappa shape index (κ3) is 4.23. The molecule has 1 fully saturated rings. The predicted molar refractivity (Wildman–Crippen MR) is 131 cm³/mol. The number of rotatable bonds is 8. The number of thiocarbonyl (C=S) groups is 1. The molecule has 1 N–H and O–H groups in total. The maximum absolute atomic E-state index is 5.84. The third-order valence-corrected chi connectivity index (χ3v) is 6.29. The number of nitrogens with zero attached hydrogens (tertiary/aromatic N) is 3. The van der Waals surface area contributed by atoms with E-state index in [2.05, 4.69) is 57.9 Å². The van der Waals surface area contributed by atoms with Crippen LogP contribution in [0.25, 0.3) is 0 Å². The van der Waals surface area contributed by atoms with Crippen LogP contribution in [0.15, 0.2) is 54.7 Å². The Bertz CT molecular complexity index is 1070. The summed E-state index contributed by atoms with van der Waals surface area (Å²) in [5.41, 5.74) is 5.65. The number of aromatic nitrogens is 2. The molecule has 1 aromatic carbocycles. The number of nitrogens with one attached hydrogen (secondary N) is 1. The van der Waals surface area contributed by atoms with Crippen molar-refractivity contribution in [3.8, 4) is 5.75 Å². The van der Waals surface area contributed by atoms with Gasteiger partial charge in [0.15, 0.2) is 5.11 Å². The Hall–Kier alpha value is -2.90. The van der Waals surface area contributed by atoms with Gasteiger partial charge in [-0.25, -0.2) is 0 Å². The molecule has 2 atom stereocenters. The van der Waals surface area contributed by atoms with E-state index < -0.39 is 0 Å². The lowest BCUT2D eigenvalue weighted by Gasteiger charge is -2.28. The minimum Gasteiger partial charge on any atom is -0.494 e. The number of benzene rings is 1. The number of hydrogen-bond donors (Lipinski definition) is 1. The quantitative estimate of drug-likeness (QED) is 0.501. The Balaban J connectivity index is 1.80. The maximum atomic E-state index is 5.84. The molecule has 0 radical (unpaired) electrons. The van der Waals surface area contributed by atoms with Crippen LogP contribution in [0.1, 0.15) is 41.7 Å². The molecule has 0 spiro atoms. The van der Waals surface area contributed by atoms with E-state index in [4.69, 9.17) is 21.7 Å². The predicted octanol–water partition coefficient (Wildman–Crippen LogP) is 4.72. The molecule has 0 bridgehead atoms. The van der Waals surface area contributed by atoms with Gasteiger partial charge in [-0.2, -0.15) is 0 Å². The molecule has 4 rings (SSSR count). The van der Waals surface area contributed by atoms with E-state index in [1.54, 1.807) is 7.11 Å². The van der Waals surface area contributed by atoms with Crippen molar-refractivity contribution in [2.75, 3.05) is 25.2 Å².